The first kappa shape index (κ1) is 29.2. The Morgan fingerprint density at radius 2 is 1.68 bits per heavy atom. The van der Waals surface area contributed by atoms with E-state index in [2.05, 4.69) is 136 Å². The van der Waals surface area contributed by atoms with E-state index in [1.807, 2.05) is 48.1 Å². The lowest BCUT2D eigenvalue weighted by Gasteiger charge is -2.30. The summed E-state index contributed by atoms with van der Waals surface area (Å²) in [7, 11) is 4.26. The third kappa shape index (κ3) is 7.15. The molecule has 2 heterocycles. The van der Waals surface area contributed by atoms with Crippen LogP contribution in [0.25, 0.3) is 16.3 Å². The summed E-state index contributed by atoms with van der Waals surface area (Å²) in [6, 6.07) is 27.6. The summed E-state index contributed by atoms with van der Waals surface area (Å²) in [5.74, 6) is 0. The van der Waals surface area contributed by atoms with Crippen LogP contribution >= 0.6 is 23.1 Å². The number of hydrogen-bond acceptors (Lipinski definition) is 3. The van der Waals surface area contributed by atoms with Crippen molar-refractivity contribution in [1.82, 2.24) is 0 Å². The molecule has 1 radical (unpaired) electrons. The molecule has 0 bridgehead atoms. The number of para-hydroxylation sites is 2. The number of thiazole rings is 1. The van der Waals surface area contributed by atoms with Crippen LogP contribution < -0.4 is 14.9 Å². The van der Waals surface area contributed by atoms with E-state index in [4.69, 9.17) is 0 Å². The molecule has 2 aliphatic rings. The first-order chi connectivity index (χ1) is 19.9. The second-order valence-electron chi connectivity index (χ2n) is 11.3. The van der Waals surface area contributed by atoms with Gasteiger partial charge in [0.15, 0.2) is 0 Å². The van der Waals surface area contributed by atoms with E-state index in [9.17, 15) is 0 Å². The Labute approximate surface area is 255 Å². The molecule has 1 aliphatic heterocycles. The summed E-state index contributed by atoms with van der Waals surface area (Å²) in [4.78, 5) is 3.66. The van der Waals surface area contributed by atoms with E-state index < -0.39 is 0 Å². The Bertz CT molecular complexity index is 1630. The smallest absolute Gasteiger partial charge is 0.262 e. The minimum absolute atomic E-state index is 0.260. The molecule has 0 unspecified atom stereocenters. The van der Waals surface area contributed by atoms with Gasteiger partial charge in [0.2, 0.25) is 5.52 Å². The third-order valence-electron chi connectivity index (χ3n) is 7.45. The van der Waals surface area contributed by atoms with Gasteiger partial charge in [0, 0.05) is 24.1 Å². The molecule has 1 aromatic heterocycles. The predicted molar refractivity (Wildman–Crippen MR) is 182 cm³/mol. The maximum absolute atomic E-state index is 2.40. The maximum Gasteiger partial charge on any atom is 0.262 e. The Kier molecular flexibility index (Phi) is 9.37. The van der Waals surface area contributed by atoms with Crippen molar-refractivity contribution in [1.29, 1.82) is 0 Å². The quantitative estimate of drug-likeness (QED) is 0.173. The van der Waals surface area contributed by atoms with Gasteiger partial charge in [0.1, 0.15) is 18.5 Å². The number of hydrogen-bond donors (Lipinski definition) is 0. The first-order valence-corrected chi connectivity index (χ1v) is 16.1. The molecular formula is C36H39BN2S2+. The van der Waals surface area contributed by atoms with Crippen LogP contribution in [0.1, 0.15) is 38.6 Å². The molecular weight excluding hydrogens is 535 g/mol. The summed E-state index contributed by atoms with van der Waals surface area (Å²) in [5.41, 5.74) is 6.99. The minimum Gasteiger partial charge on any atom is -0.338 e. The van der Waals surface area contributed by atoms with Crippen molar-refractivity contribution in [2.45, 2.75) is 51.9 Å². The predicted octanol–water partition coefficient (Wildman–Crippen LogP) is 9.04. The zero-order valence-corrected chi connectivity index (χ0v) is 26.4. The highest BCUT2D eigenvalue weighted by molar-refractivity contribution is 8.03. The topological polar surface area (TPSA) is 7.12 Å². The summed E-state index contributed by atoms with van der Waals surface area (Å²) in [6.45, 7) is 10.0. The fourth-order valence-corrected chi connectivity index (χ4v) is 7.78. The van der Waals surface area contributed by atoms with Crippen LogP contribution in [0.4, 0.5) is 5.69 Å². The van der Waals surface area contributed by atoms with Crippen molar-refractivity contribution >= 4 is 57.8 Å². The fourth-order valence-electron chi connectivity index (χ4n) is 5.52. The normalized spacial score (nSPS) is 18.0. The molecule has 1 aliphatic carbocycles. The molecule has 0 atom stereocenters. The largest absolute Gasteiger partial charge is 0.338 e. The van der Waals surface area contributed by atoms with Gasteiger partial charge in [0.05, 0.1) is 10.7 Å². The Morgan fingerprint density at radius 3 is 2.41 bits per heavy atom. The van der Waals surface area contributed by atoms with Gasteiger partial charge in [-0.25, -0.2) is 0 Å². The van der Waals surface area contributed by atoms with E-state index in [0.717, 1.165) is 19.4 Å². The van der Waals surface area contributed by atoms with E-state index in [1.54, 1.807) is 0 Å². The fraction of sp³-hybridized carbons (Fsp3) is 0.250. The van der Waals surface area contributed by atoms with Crippen LogP contribution in [0, 0.1) is 5.41 Å². The van der Waals surface area contributed by atoms with Crippen LogP contribution in [0.15, 0.2) is 124 Å². The monoisotopic (exact) mass is 574 g/mol. The van der Waals surface area contributed by atoms with Crippen molar-refractivity contribution in [3.05, 3.63) is 124 Å². The zero-order valence-electron chi connectivity index (χ0n) is 24.8. The number of rotatable bonds is 5. The molecule has 0 amide bonds. The third-order valence-corrected chi connectivity index (χ3v) is 9.75. The van der Waals surface area contributed by atoms with Crippen LogP contribution in [-0.2, 0) is 6.54 Å². The van der Waals surface area contributed by atoms with Crippen molar-refractivity contribution in [3.8, 4) is 0 Å². The van der Waals surface area contributed by atoms with Gasteiger partial charge in [-0.2, -0.15) is 4.57 Å². The van der Waals surface area contributed by atoms with Gasteiger partial charge in [-0.05, 0) is 60.6 Å². The SMILES string of the molecule is CC[n+]1c(C=CC=C2C=C(C=C3Sc4ccccc4N3C)CC(C)(C)C2)sc2ccccc21.C[B]c1ccccc1. The molecule has 2 nitrogen and oxygen atoms in total. The standard InChI is InChI=1S/C29H31N2S2.C7H8B/c1-5-31-24-13-7-9-15-26(24)32-27(31)16-10-11-21-17-22(20-29(2,3)19-21)18-28-30(4)23-12-6-8-14-25(23)33-28;1-8-7-5-3-2-4-6-7/h6-18H,5,19-20H2,1-4H3;2-6H,1H3/q+1;. The lowest BCUT2D eigenvalue weighted by Crippen LogP contribution is -2.33. The lowest BCUT2D eigenvalue weighted by atomic mass is 9.74. The molecule has 0 fully saturated rings. The number of aryl methyl sites for hydroxylation is 1. The Hall–Kier alpha value is -3.28. The first-order valence-electron chi connectivity index (χ1n) is 14.4. The number of allylic oxidation sites excluding steroid dienone is 6. The highest BCUT2D eigenvalue weighted by Crippen LogP contribution is 2.46. The molecule has 5 heteroatoms. The van der Waals surface area contributed by atoms with E-state index >= 15 is 0 Å². The molecule has 3 aromatic carbocycles. The van der Waals surface area contributed by atoms with E-state index in [-0.39, 0.29) is 5.41 Å². The van der Waals surface area contributed by atoms with Crippen molar-refractivity contribution in [2.24, 2.45) is 5.41 Å². The van der Waals surface area contributed by atoms with Gasteiger partial charge in [-0.15, -0.1) is 0 Å². The summed E-state index contributed by atoms with van der Waals surface area (Å²) < 4.78 is 3.74. The van der Waals surface area contributed by atoms with Crippen molar-refractivity contribution in [2.75, 3.05) is 11.9 Å². The van der Waals surface area contributed by atoms with Gasteiger partial charge >= 0.3 is 0 Å². The lowest BCUT2D eigenvalue weighted by molar-refractivity contribution is -0.665. The average Bonchev–Trinajstić information content (AvgIpc) is 3.49. The summed E-state index contributed by atoms with van der Waals surface area (Å²) >= 11 is 3.74. The molecule has 0 saturated heterocycles. The van der Waals surface area contributed by atoms with E-state index in [1.165, 1.54) is 47.4 Å². The van der Waals surface area contributed by atoms with Gasteiger partial charge in [0.25, 0.3) is 5.01 Å². The molecule has 207 valence electrons. The number of nitrogens with zero attached hydrogens (tertiary/aromatic N) is 2. The molecule has 6 rings (SSSR count). The minimum atomic E-state index is 0.260. The highest BCUT2D eigenvalue weighted by Gasteiger charge is 2.27. The number of aromatic nitrogens is 1. The number of thioether (sulfide) groups is 1. The molecule has 0 saturated carbocycles. The van der Waals surface area contributed by atoms with E-state index in [0.29, 0.717) is 0 Å². The number of fused-ring (bicyclic) bond motifs is 2. The van der Waals surface area contributed by atoms with Crippen molar-refractivity contribution in [3.63, 3.8) is 0 Å². The average molecular weight is 575 g/mol. The highest BCUT2D eigenvalue weighted by atomic mass is 32.2. The molecule has 4 aromatic rings. The second kappa shape index (κ2) is 13.1. The van der Waals surface area contributed by atoms with Gasteiger partial charge in [-0.1, -0.05) is 122 Å². The van der Waals surface area contributed by atoms with Crippen LogP contribution in [0.5, 0.6) is 0 Å². The second-order valence-corrected chi connectivity index (χ2v) is 13.4. The van der Waals surface area contributed by atoms with Crippen molar-refractivity contribution < 1.29 is 4.57 Å². The Morgan fingerprint density at radius 1 is 0.951 bits per heavy atom. The Balaban J connectivity index is 0.000000365. The maximum atomic E-state index is 2.40. The number of anilines is 1. The molecule has 0 spiro atoms. The zero-order chi connectivity index (χ0) is 28.8. The molecule has 0 N–H and O–H groups in total. The molecule has 41 heavy (non-hydrogen) atoms. The van der Waals surface area contributed by atoms with Crippen LogP contribution in [0.3, 0.4) is 0 Å². The summed E-state index contributed by atoms with van der Waals surface area (Å²) in [6.07, 6.45) is 13.8. The number of benzene rings is 3. The van der Waals surface area contributed by atoms with Gasteiger partial charge < -0.3 is 4.90 Å². The summed E-state index contributed by atoms with van der Waals surface area (Å²) in [5, 5.41) is 2.61. The van der Waals surface area contributed by atoms with Crippen LogP contribution in [0.2, 0.25) is 6.82 Å². The van der Waals surface area contributed by atoms with Gasteiger partial charge in [-0.3, -0.25) is 0 Å². The van der Waals surface area contributed by atoms with Crippen LogP contribution in [-0.4, -0.2) is 14.3 Å².